The number of nitrogens with one attached hydrogen (secondary N) is 1. The second-order valence-corrected chi connectivity index (χ2v) is 11.3. The van der Waals surface area contributed by atoms with Gasteiger partial charge in [0, 0.05) is 56.3 Å². The van der Waals surface area contributed by atoms with Crippen LogP contribution in [-0.2, 0) is 23.0 Å². The molecule has 1 aliphatic carbocycles. The number of aromatic nitrogens is 3. The maximum absolute atomic E-state index is 13.3. The molecule has 0 radical (unpaired) electrons. The summed E-state index contributed by atoms with van der Waals surface area (Å²) in [6.45, 7) is 4.40. The van der Waals surface area contributed by atoms with Crippen LogP contribution in [0.2, 0.25) is 0 Å². The van der Waals surface area contributed by atoms with Crippen molar-refractivity contribution in [3.05, 3.63) is 33.4 Å². The number of fused-ring (bicyclic) bond motifs is 2. The second kappa shape index (κ2) is 7.76. The first kappa shape index (κ1) is 20.2. The van der Waals surface area contributed by atoms with E-state index in [1.54, 1.807) is 15.7 Å². The third kappa shape index (κ3) is 3.50. The summed E-state index contributed by atoms with van der Waals surface area (Å²) < 4.78 is 27.8. The highest BCUT2D eigenvalue weighted by Gasteiger charge is 2.31. The Kier molecular flexibility index (Phi) is 5.23. The fourth-order valence-electron chi connectivity index (χ4n) is 5.44. The summed E-state index contributed by atoms with van der Waals surface area (Å²) in [5.41, 5.74) is 3.30. The summed E-state index contributed by atoms with van der Waals surface area (Å²) >= 11 is 0. The molecule has 2 aromatic heterocycles. The van der Waals surface area contributed by atoms with E-state index >= 15 is 0 Å². The highest BCUT2D eigenvalue weighted by molar-refractivity contribution is 7.89. The highest BCUT2D eigenvalue weighted by Crippen LogP contribution is 2.29. The standard InChI is InChI=1S/C21H31N5O3S/c1-2-30(28,29)25-10-5-6-15(13-25)19-12-20-22-18-9-11-24(16-7-3-4-8-16)14-17(18)21(27)26(20)23-19/h12,15-16,23H,2-11,13-14H2,1H3. The number of sulfonamides is 1. The number of nitrogens with zero attached hydrogens (tertiary/aromatic N) is 4. The average Bonchev–Trinajstić information content (AvgIpc) is 3.44. The van der Waals surface area contributed by atoms with Crippen molar-refractivity contribution in [2.45, 2.75) is 70.4 Å². The molecule has 1 unspecified atom stereocenters. The van der Waals surface area contributed by atoms with Gasteiger partial charge in [-0.25, -0.2) is 22.2 Å². The van der Waals surface area contributed by atoms with Crippen LogP contribution in [0.4, 0.5) is 0 Å². The van der Waals surface area contributed by atoms with Crippen molar-refractivity contribution in [2.24, 2.45) is 0 Å². The van der Waals surface area contributed by atoms with Crippen molar-refractivity contribution in [1.29, 1.82) is 0 Å². The quantitative estimate of drug-likeness (QED) is 0.795. The highest BCUT2D eigenvalue weighted by atomic mass is 32.2. The minimum atomic E-state index is -3.20. The minimum Gasteiger partial charge on any atom is -0.295 e. The van der Waals surface area contributed by atoms with Crippen molar-refractivity contribution in [3.8, 4) is 0 Å². The van der Waals surface area contributed by atoms with Crippen LogP contribution in [0.3, 0.4) is 0 Å². The number of rotatable bonds is 4. The Balaban J connectivity index is 1.44. The van der Waals surface area contributed by atoms with Crippen molar-refractivity contribution in [1.82, 2.24) is 23.8 Å². The lowest BCUT2D eigenvalue weighted by Gasteiger charge is -2.32. The molecular formula is C21H31N5O3S. The zero-order valence-corrected chi connectivity index (χ0v) is 18.5. The van der Waals surface area contributed by atoms with Crippen molar-refractivity contribution < 1.29 is 8.42 Å². The summed E-state index contributed by atoms with van der Waals surface area (Å²) in [7, 11) is -3.20. The lowest BCUT2D eigenvalue weighted by molar-refractivity contribution is 0.178. The van der Waals surface area contributed by atoms with E-state index < -0.39 is 10.0 Å². The van der Waals surface area contributed by atoms with Crippen LogP contribution in [-0.4, -0.2) is 63.6 Å². The molecule has 0 spiro atoms. The predicted molar refractivity (Wildman–Crippen MR) is 115 cm³/mol. The Bertz CT molecular complexity index is 1100. The molecule has 1 N–H and O–H groups in total. The number of hydrogen-bond donors (Lipinski definition) is 1. The Morgan fingerprint density at radius 3 is 2.73 bits per heavy atom. The molecular weight excluding hydrogens is 402 g/mol. The zero-order chi connectivity index (χ0) is 20.9. The lowest BCUT2D eigenvalue weighted by atomic mass is 9.96. The van der Waals surface area contributed by atoms with Crippen LogP contribution in [0.1, 0.15) is 68.3 Å². The van der Waals surface area contributed by atoms with E-state index in [1.165, 1.54) is 25.7 Å². The normalized spacial score (nSPS) is 24.5. The van der Waals surface area contributed by atoms with Gasteiger partial charge in [0.05, 0.1) is 17.0 Å². The molecule has 0 amide bonds. The first-order chi connectivity index (χ1) is 14.5. The lowest BCUT2D eigenvalue weighted by Crippen LogP contribution is -2.41. The topological polar surface area (TPSA) is 90.8 Å². The molecule has 2 aliphatic heterocycles. The molecule has 1 atom stereocenters. The molecule has 9 heteroatoms. The maximum Gasteiger partial charge on any atom is 0.277 e. The molecule has 30 heavy (non-hydrogen) atoms. The summed E-state index contributed by atoms with van der Waals surface area (Å²) in [6.07, 6.45) is 7.60. The van der Waals surface area contributed by atoms with Gasteiger partial charge in [-0.05, 0) is 32.6 Å². The van der Waals surface area contributed by atoms with Gasteiger partial charge in [0.2, 0.25) is 10.0 Å². The van der Waals surface area contributed by atoms with E-state index in [4.69, 9.17) is 4.98 Å². The molecule has 5 rings (SSSR count). The van der Waals surface area contributed by atoms with Gasteiger partial charge >= 0.3 is 0 Å². The van der Waals surface area contributed by atoms with E-state index in [1.807, 2.05) is 6.07 Å². The van der Waals surface area contributed by atoms with Gasteiger partial charge in [0.1, 0.15) is 0 Å². The van der Waals surface area contributed by atoms with Gasteiger partial charge in [-0.2, -0.15) is 0 Å². The SMILES string of the molecule is CCS(=O)(=O)N1CCCC(c2cc3nc4c(c(=O)n3[nH]2)CN(C2CCCC2)CC4)C1. The fourth-order valence-corrected chi connectivity index (χ4v) is 6.62. The average molecular weight is 434 g/mol. The van der Waals surface area contributed by atoms with Gasteiger partial charge in [-0.1, -0.05) is 12.8 Å². The second-order valence-electron chi connectivity index (χ2n) is 9.00. The third-order valence-electron chi connectivity index (χ3n) is 7.23. The molecule has 1 saturated carbocycles. The van der Waals surface area contributed by atoms with Crippen LogP contribution in [0, 0.1) is 0 Å². The molecule has 164 valence electrons. The fraction of sp³-hybridized carbons (Fsp3) is 0.714. The summed E-state index contributed by atoms with van der Waals surface area (Å²) in [6, 6.07) is 2.55. The number of piperidine rings is 1. The van der Waals surface area contributed by atoms with Gasteiger partial charge in [-0.15, -0.1) is 0 Å². The summed E-state index contributed by atoms with van der Waals surface area (Å²) in [5.74, 6) is 0.186. The molecule has 4 heterocycles. The minimum absolute atomic E-state index is 0.00204. The van der Waals surface area contributed by atoms with Crippen molar-refractivity contribution in [2.75, 3.05) is 25.4 Å². The van der Waals surface area contributed by atoms with Gasteiger partial charge in [0.25, 0.3) is 5.56 Å². The van der Waals surface area contributed by atoms with Crippen LogP contribution in [0.25, 0.3) is 5.65 Å². The van der Waals surface area contributed by atoms with Gasteiger partial charge < -0.3 is 0 Å². The van der Waals surface area contributed by atoms with Crippen molar-refractivity contribution >= 4 is 15.7 Å². The Morgan fingerprint density at radius 2 is 1.97 bits per heavy atom. The van der Waals surface area contributed by atoms with Gasteiger partial charge in [-0.3, -0.25) is 14.8 Å². The van der Waals surface area contributed by atoms with Crippen LogP contribution < -0.4 is 5.56 Å². The monoisotopic (exact) mass is 433 g/mol. The number of H-pyrrole nitrogens is 1. The van der Waals surface area contributed by atoms with Crippen molar-refractivity contribution in [3.63, 3.8) is 0 Å². The summed E-state index contributed by atoms with van der Waals surface area (Å²) in [5, 5.41) is 3.26. The predicted octanol–water partition coefficient (Wildman–Crippen LogP) is 1.85. The van der Waals surface area contributed by atoms with E-state index in [0.717, 1.165) is 42.8 Å². The molecule has 2 fully saturated rings. The largest absolute Gasteiger partial charge is 0.295 e. The van der Waals surface area contributed by atoms with E-state index in [9.17, 15) is 13.2 Å². The molecule has 8 nitrogen and oxygen atoms in total. The van der Waals surface area contributed by atoms with E-state index in [0.29, 0.717) is 31.3 Å². The third-order valence-corrected chi connectivity index (χ3v) is 9.08. The zero-order valence-electron chi connectivity index (χ0n) is 17.6. The molecule has 2 aromatic rings. The smallest absolute Gasteiger partial charge is 0.277 e. The Morgan fingerprint density at radius 1 is 1.17 bits per heavy atom. The van der Waals surface area contributed by atoms with Gasteiger partial charge in [0.15, 0.2) is 5.65 Å². The van der Waals surface area contributed by atoms with E-state index in [2.05, 4.69) is 10.00 Å². The Hall–Kier alpha value is -1.71. The molecule has 0 aromatic carbocycles. The first-order valence-electron chi connectivity index (χ1n) is 11.3. The summed E-state index contributed by atoms with van der Waals surface area (Å²) in [4.78, 5) is 20.5. The van der Waals surface area contributed by atoms with E-state index in [-0.39, 0.29) is 17.2 Å². The Labute approximate surface area is 177 Å². The van der Waals surface area contributed by atoms with Crippen LogP contribution >= 0.6 is 0 Å². The molecule has 1 saturated heterocycles. The first-order valence-corrected chi connectivity index (χ1v) is 12.9. The number of hydrogen-bond acceptors (Lipinski definition) is 5. The van der Waals surface area contributed by atoms with Crippen LogP contribution in [0.15, 0.2) is 10.9 Å². The maximum atomic E-state index is 13.3. The molecule has 0 bridgehead atoms. The van der Waals surface area contributed by atoms with Crippen LogP contribution in [0.5, 0.6) is 0 Å². The number of aromatic amines is 1. The molecule has 3 aliphatic rings.